The van der Waals surface area contributed by atoms with Crippen molar-refractivity contribution in [3.05, 3.63) is 30.1 Å². The molecule has 0 aromatic carbocycles. The molecule has 0 unspecified atom stereocenters. The summed E-state index contributed by atoms with van der Waals surface area (Å²) >= 11 is 0. The van der Waals surface area contributed by atoms with Crippen LogP contribution in [0.5, 0.6) is 0 Å². The number of nitrogens with zero attached hydrogens (tertiary/aromatic N) is 3. The van der Waals surface area contributed by atoms with Crippen molar-refractivity contribution in [1.82, 2.24) is 14.8 Å². The maximum atomic E-state index is 12.1. The summed E-state index contributed by atoms with van der Waals surface area (Å²) in [5.41, 5.74) is 1.15. The largest absolute Gasteiger partial charge is 0.372 e. The number of carbonyl (C=O) groups is 1. The second-order valence-electron chi connectivity index (χ2n) is 7.55. The van der Waals surface area contributed by atoms with Crippen LogP contribution in [0.15, 0.2) is 24.5 Å². The molecular formula is C19H27N3O3. The summed E-state index contributed by atoms with van der Waals surface area (Å²) in [6, 6.07) is 4.08. The van der Waals surface area contributed by atoms with E-state index in [1.165, 1.54) is 5.56 Å². The molecule has 4 heterocycles. The summed E-state index contributed by atoms with van der Waals surface area (Å²) in [5.74, 6) is 0.143. The van der Waals surface area contributed by atoms with E-state index in [1.807, 2.05) is 17.2 Å². The Morgan fingerprint density at radius 2 is 2.20 bits per heavy atom. The molecule has 3 fully saturated rings. The maximum absolute atomic E-state index is 12.1. The number of rotatable bonds is 5. The second kappa shape index (κ2) is 7.40. The van der Waals surface area contributed by atoms with E-state index in [1.54, 1.807) is 6.20 Å². The van der Waals surface area contributed by atoms with Crippen molar-refractivity contribution in [3.63, 3.8) is 0 Å². The van der Waals surface area contributed by atoms with E-state index in [0.717, 1.165) is 65.0 Å². The van der Waals surface area contributed by atoms with Gasteiger partial charge in [0.15, 0.2) is 0 Å². The molecule has 0 bridgehead atoms. The highest BCUT2D eigenvalue weighted by atomic mass is 16.5. The Balaban J connectivity index is 1.22. The Labute approximate surface area is 149 Å². The van der Waals surface area contributed by atoms with Crippen molar-refractivity contribution in [3.8, 4) is 0 Å². The van der Waals surface area contributed by atoms with Crippen LogP contribution in [0.2, 0.25) is 0 Å². The second-order valence-corrected chi connectivity index (χ2v) is 7.55. The average molecular weight is 345 g/mol. The number of hydrogen-bond donors (Lipinski definition) is 0. The van der Waals surface area contributed by atoms with Gasteiger partial charge in [0.25, 0.3) is 0 Å². The first-order valence-corrected chi connectivity index (χ1v) is 9.37. The highest BCUT2D eigenvalue weighted by Crippen LogP contribution is 2.36. The number of likely N-dealkylation sites (tertiary alicyclic amines) is 2. The van der Waals surface area contributed by atoms with E-state index in [-0.39, 0.29) is 24.2 Å². The topological polar surface area (TPSA) is 54.9 Å². The molecule has 1 amide bonds. The molecule has 0 radical (unpaired) electrons. The molecule has 3 aliphatic heterocycles. The zero-order valence-electron chi connectivity index (χ0n) is 14.7. The summed E-state index contributed by atoms with van der Waals surface area (Å²) in [7, 11) is 0. The Morgan fingerprint density at radius 1 is 1.36 bits per heavy atom. The van der Waals surface area contributed by atoms with Crippen LogP contribution in [0.3, 0.4) is 0 Å². The fraction of sp³-hybridized carbons (Fsp3) is 0.684. The van der Waals surface area contributed by atoms with Crippen molar-refractivity contribution in [2.24, 2.45) is 0 Å². The first-order chi connectivity index (χ1) is 12.2. The average Bonchev–Trinajstić information content (AvgIpc) is 3.14. The van der Waals surface area contributed by atoms with Crippen LogP contribution in [-0.2, 0) is 20.8 Å². The Kier molecular flexibility index (Phi) is 5.01. The molecule has 3 saturated heterocycles. The lowest BCUT2D eigenvalue weighted by Gasteiger charge is -2.53. The number of carbonyl (C=O) groups excluding carboxylic acids is 1. The molecule has 4 rings (SSSR count). The molecule has 0 aliphatic carbocycles. The van der Waals surface area contributed by atoms with Gasteiger partial charge >= 0.3 is 0 Å². The minimum absolute atomic E-state index is 0.0815. The highest BCUT2D eigenvalue weighted by Gasteiger charge is 2.47. The van der Waals surface area contributed by atoms with Gasteiger partial charge in [-0.2, -0.15) is 0 Å². The van der Waals surface area contributed by atoms with Gasteiger partial charge < -0.3 is 14.4 Å². The van der Waals surface area contributed by atoms with E-state index in [9.17, 15) is 4.79 Å². The van der Waals surface area contributed by atoms with Gasteiger partial charge in [-0.15, -0.1) is 0 Å². The lowest BCUT2D eigenvalue weighted by Crippen LogP contribution is -2.65. The minimum Gasteiger partial charge on any atom is -0.372 e. The van der Waals surface area contributed by atoms with E-state index in [0.29, 0.717) is 0 Å². The molecule has 0 N–H and O–H groups in total. The number of hydrogen-bond acceptors (Lipinski definition) is 5. The summed E-state index contributed by atoms with van der Waals surface area (Å²) in [5, 5.41) is 0. The predicted molar refractivity (Wildman–Crippen MR) is 93.0 cm³/mol. The van der Waals surface area contributed by atoms with Crippen molar-refractivity contribution in [1.29, 1.82) is 0 Å². The number of ether oxygens (including phenoxy) is 2. The van der Waals surface area contributed by atoms with Gasteiger partial charge in [0, 0.05) is 58.1 Å². The molecule has 3 aliphatic rings. The smallest absolute Gasteiger partial charge is 0.248 e. The molecule has 1 spiro atoms. The van der Waals surface area contributed by atoms with Gasteiger partial charge in [-0.25, -0.2) is 0 Å². The first kappa shape index (κ1) is 16.9. The minimum atomic E-state index is -0.0815. The van der Waals surface area contributed by atoms with E-state index >= 15 is 0 Å². The molecule has 136 valence electrons. The van der Waals surface area contributed by atoms with Gasteiger partial charge in [0.2, 0.25) is 5.91 Å². The molecule has 25 heavy (non-hydrogen) atoms. The highest BCUT2D eigenvalue weighted by molar-refractivity contribution is 5.77. The summed E-state index contributed by atoms with van der Waals surface area (Å²) < 4.78 is 12.0. The standard InChI is InChI=1S/C19H27N3O3/c23-18(22-7-1-2-8-22)13-24-17-5-9-25-19(10-17)14-21(15-19)12-16-4-3-6-20-11-16/h3-4,6,11,17H,1-2,5,7-10,12-15H2/t17-/m0/s1. The summed E-state index contributed by atoms with van der Waals surface area (Å²) in [6.07, 6.45) is 7.89. The number of aromatic nitrogens is 1. The first-order valence-electron chi connectivity index (χ1n) is 9.37. The van der Waals surface area contributed by atoms with Crippen LogP contribution < -0.4 is 0 Å². The van der Waals surface area contributed by atoms with E-state index < -0.39 is 0 Å². The fourth-order valence-electron chi connectivity index (χ4n) is 4.22. The third kappa shape index (κ3) is 4.02. The van der Waals surface area contributed by atoms with Crippen molar-refractivity contribution in [2.45, 2.75) is 43.9 Å². The van der Waals surface area contributed by atoms with Crippen molar-refractivity contribution >= 4 is 5.91 Å². The van der Waals surface area contributed by atoms with Crippen LogP contribution in [-0.4, -0.2) is 71.8 Å². The third-order valence-electron chi connectivity index (χ3n) is 5.50. The number of amides is 1. The Hall–Kier alpha value is -1.50. The van der Waals surface area contributed by atoms with Crippen LogP contribution in [0.1, 0.15) is 31.2 Å². The van der Waals surface area contributed by atoms with Crippen LogP contribution in [0.25, 0.3) is 0 Å². The maximum Gasteiger partial charge on any atom is 0.248 e. The number of pyridine rings is 1. The Bertz CT molecular complexity index is 583. The predicted octanol–water partition coefficient (Wildman–Crippen LogP) is 1.45. The summed E-state index contributed by atoms with van der Waals surface area (Å²) in [6.45, 7) is 5.51. The fourth-order valence-corrected chi connectivity index (χ4v) is 4.22. The lowest BCUT2D eigenvalue weighted by molar-refractivity contribution is -0.200. The summed E-state index contributed by atoms with van der Waals surface area (Å²) in [4.78, 5) is 20.6. The van der Waals surface area contributed by atoms with Gasteiger partial charge in [0.1, 0.15) is 6.61 Å². The van der Waals surface area contributed by atoms with E-state index in [4.69, 9.17) is 9.47 Å². The van der Waals surface area contributed by atoms with Gasteiger partial charge in [-0.1, -0.05) is 6.07 Å². The lowest BCUT2D eigenvalue weighted by atomic mass is 9.84. The van der Waals surface area contributed by atoms with Crippen LogP contribution in [0, 0.1) is 0 Å². The van der Waals surface area contributed by atoms with Crippen LogP contribution in [0.4, 0.5) is 0 Å². The van der Waals surface area contributed by atoms with Gasteiger partial charge in [0.05, 0.1) is 11.7 Å². The quantitative estimate of drug-likeness (QED) is 0.809. The normalized spacial score (nSPS) is 25.9. The Morgan fingerprint density at radius 3 is 2.96 bits per heavy atom. The van der Waals surface area contributed by atoms with Gasteiger partial charge in [-0.05, 0) is 30.9 Å². The monoisotopic (exact) mass is 345 g/mol. The van der Waals surface area contributed by atoms with Crippen molar-refractivity contribution < 1.29 is 14.3 Å². The zero-order chi connectivity index (χ0) is 17.1. The molecule has 0 saturated carbocycles. The molecule has 1 aromatic heterocycles. The SMILES string of the molecule is O=C(CO[C@H]1CCOC2(C1)CN(Cc1cccnc1)C2)N1CCCC1. The molecule has 6 heteroatoms. The molecule has 1 aromatic rings. The third-order valence-corrected chi connectivity index (χ3v) is 5.50. The molecular weight excluding hydrogens is 318 g/mol. The zero-order valence-corrected chi connectivity index (χ0v) is 14.7. The van der Waals surface area contributed by atoms with E-state index in [2.05, 4.69) is 16.0 Å². The molecule has 6 nitrogen and oxygen atoms in total. The van der Waals surface area contributed by atoms with Gasteiger partial charge in [-0.3, -0.25) is 14.7 Å². The van der Waals surface area contributed by atoms with Crippen LogP contribution >= 0.6 is 0 Å². The van der Waals surface area contributed by atoms with Crippen molar-refractivity contribution in [2.75, 3.05) is 39.4 Å². The molecule has 1 atom stereocenters.